The highest BCUT2D eigenvalue weighted by atomic mass is 16.7. The van der Waals surface area contributed by atoms with Gasteiger partial charge in [0, 0.05) is 67.6 Å². The molecule has 0 bridgehead atoms. The van der Waals surface area contributed by atoms with Gasteiger partial charge in [0.25, 0.3) is 0 Å². The lowest BCUT2D eigenvalue weighted by Gasteiger charge is -2.47. The van der Waals surface area contributed by atoms with E-state index in [2.05, 4.69) is 9.97 Å². The van der Waals surface area contributed by atoms with Crippen LogP contribution in [0.5, 0.6) is 0 Å². The van der Waals surface area contributed by atoms with Crippen molar-refractivity contribution in [2.45, 2.75) is 149 Å². The predicted octanol–water partition coefficient (Wildman–Crippen LogP) is 4.85. The van der Waals surface area contributed by atoms with Crippen molar-refractivity contribution in [1.82, 2.24) is 24.3 Å². The summed E-state index contributed by atoms with van der Waals surface area (Å²) in [6, 6.07) is 2.92. The third-order valence-corrected chi connectivity index (χ3v) is 12.6. The molecule has 1 amide bonds. The largest absolute Gasteiger partial charge is 0.458 e. The van der Waals surface area contributed by atoms with Crippen LogP contribution in [-0.4, -0.2) is 135 Å². The first-order chi connectivity index (χ1) is 27.4. The van der Waals surface area contributed by atoms with Gasteiger partial charge in [-0.25, -0.2) is 9.78 Å². The van der Waals surface area contributed by atoms with Crippen LogP contribution in [-0.2, 0) is 44.6 Å². The van der Waals surface area contributed by atoms with E-state index in [0.717, 1.165) is 17.0 Å². The molecular weight excluding hydrogens is 746 g/mol. The molecule has 5 rings (SSSR count). The number of ether oxygens (including phenoxy) is 5. The first kappa shape index (κ1) is 45.3. The number of aryl methyl sites for hydroxylation is 2. The normalized spacial score (nSPS) is 35.4. The van der Waals surface area contributed by atoms with Gasteiger partial charge in [-0.1, -0.05) is 27.7 Å². The number of aliphatic hydroxyl groups excluding tert-OH is 1. The van der Waals surface area contributed by atoms with Gasteiger partial charge in [0.2, 0.25) is 0 Å². The number of likely N-dealkylation sites (N-methyl/N-ethyl adjacent to an activating group) is 1. The molecule has 322 valence electrons. The predicted molar refractivity (Wildman–Crippen MR) is 214 cm³/mol. The van der Waals surface area contributed by atoms with Gasteiger partial charge < -0.3 is 43.2 Å². The standard InChI is InChI=1S/C43H65N5O10/c1-12-33-38-34(48(42(53)57-38)18-14-13-17-47-22-31(45-23-47)30-16-15-25(3)44-21-30)27(5)35(49)24(2)20-43(8,54-11)39(28(6)36(50)29(7)40(52)56-33)58-41-37(51)32(46(9)10)19-26(4)55-41/h15-16,21-24,26-29,32-34,37-39,41,51H,12-14,17-20H2,1-11H3/t24-,26-,27-,28+,29-,32+,33-,34-,37-,38-,39-,41+,43-/m1/s1. The molecule has 0 unspecified atom stereocenters. The lowest BCUT2D eigenvalue weighted by atomic mass is 9.75. The molecule has 3 fully saturated rings. The molecule has 3 aliphatic rings. The van der Waals surface area contributed by atoms with Crippen molar-refractivity contribution in [2.24, 2.45) is 23.7 Å². The van der Waals surface area contributed by atoms with Crippen LogP contribution in [0.2, 0.25) is 0 Å². The van der Waals surface area contributed by atoms with Gasteiger partial charge in [-0.3, -0.25) is 19.4 Å². The first-order valence-corrected chi connectivity index (χ1v) is 20.8. The molecule has 0 aromatic carbocycles. The lowest BCUT2D eigenvalue weighted by Crippen LogP contribution is -2.59. The Labute approximate surface area is 343 Å². The van der Waals surface area contributed by atoms with E-state index in [1.807, 2.05) is 69.6 Å². The van der Waals surface area contributed by atoms with E-state index in [0.29, 0.717) is 32.4 Å². The van der Waals surface area contributed by atoms with E-state index >= 15 is 0 Å². The summed E-state index contributed by atoms with van der Waals surface area (Å²) in [5, 5.41) is 11.4. The van der Waals surface area contributed by atoms with Crippen LogP contribution >= 0.6 is 0 Å². The van der Waals surface area contributed by atoms with Gasteiger partial charge >= 0.3 is 12.1 Å². The van der Waals surface area contributed by atoms with Crippen LogP contribution < -0.4 is 0 Å². The Hall–Kier alpha value is -3.76. The van der Waals surface area contributed by atoms with E-state index in [-0.39, 0.29) is 30.8 Å². The average molecular weight is 812 g/mol. The van der Waals surface area contributed by atoms with Gasteiger partial charge in [0.05, 0.1) is 35.9 Å². The van der Waals surface area contributed by atoms with E-state index in [1.165, 1.54) is 14.0 Å². The van der Waals surface area contributed by atoms with Crippen LogP contribution in [0.4, 0.5) is 4.79 Å². The van der Waals surface area contributed by atoms with Crippen LogP contribution in [0, 0.1) is 30.6 Å². The second kappa shape index (κ2) is 19.1. The quantitative estimate of drug-likeness (QED) is 0.186. The molecule has 1 N–H and O–H groups in total. The summed E-state index contributed by atoms with van der Waals surface area (Å²) < 4.78 is 32.9. The molecule has 13 atom stereocenters. The topological polar surface area (TPSA) is 172 Å². The maximum Gasteiger partial charge on any atom is 0.410 e. The van der Waals surface area contributed by atoms with Gasteiger partial charge in [0.15, 0.2) is 18.2 Å². The van der Waals surface area contributed by atoms with E-state index in [9.17, 15) is 24.3 Å². The zero-order valence-corrected chi connectivity index (χ0v) is 36.1. The van der Waals surface area contributed by atoms with Crippen molar-refractivity contribution in [1.29, 1.82) is 0 Å². The highest BCUT2D eigenvalue weighted by molar-refractivity contribution is 6.00. The van der Waals surface area contributed by atoms with Crippen molar-refractivity contribution in [2.75, 3.05) is 27.7 Å². The number of rotatable bonds is 11. The van der Waals surface area contributed by atoms with E-state index in [1.54, 1.807) is 38.2 Å². The summed E-state index contributed by atoms with van der Waals surface area (Å²) in [5.74, 6) is -4.86. The number of esters is 1. The van der Waals surface area contributed by atoms with Crippen molar-refractivity contribution in [3.63, 3.8) is 0 Å². The number of fused-ring (bicyclic) bond motifs is 1. The number of amides is 1. The second-order valence-electron chi connectivity index (χ2n) is 17.2. The number of aliphatic hydroxyl groups is 1. The molecule has 3 saturated heterocycles. The minimum Gasteiger partial charge on any atom is -0.458 e. The highest BCUT2D eigenvalue weighted by Crippen LogP contribution is 2.39. The fourth-order valence-corrected chi connectivity index (χ4v) is 9.00. The average Bonchev–Trinajstić information content (AvgIpc) is 3.80. The number of carbonyl (C=O) groups is 4. The van der Waals surface area contributed by atoms with E-state index < -0.39 is 83.9 Å². The number of pyridine rings is 1. The number of aromatic nitrogens is 3. The Morgan fingerprint density at radius 3 is 2.33 bits per heavy atom. The molecule has 15 nitrogen and oxygen atoms in total. The molecule has 0 aliphatic carbocycles. The molecule has 0 saturated carbocycles. The Kier molecular flexibility index (Phi) is 14.9. The molecule has 58 heavy (non-hydrogen) atoms. The number of carbonyl (C=O) groups excluding carboxylic acids is 4. The number of Topliss-reactive ketones (excluding diaryl/α,β-unsaturated/α-hetero) is 2. The summed E-state index contributed by atoms with van der Waals surface area (Å²) in [6.45, 7) is 15.2. The number of unbranched alkanes of at least 4 members (excludes halogenated alkanes) is 1. The maximum atomic E-state index is 14.6. The molecular formula is C43H65N5O10. The number of imidazole rings is 1. The highest BCUT2D eigenvalue weighted by Gasteiger charge is 2.54. The molecule has 0 radical (unpaired) electrons. The van der Waals surface area contributed by atoms with Crippen LogP contribution in [0.25, 0.3) is 11.3 Å². The fourth-order valence-electron chi connectivity index (χ4n) is 9.00. The molecule has 15 heteroatoms. The minimum absolute atomic E-state index is 0.137. The number of nitrogens with zero attached hydrogens (tertiary/aromatic N) is 5. The third kappa shape index (κ3) is 9.81. The smallest absolute Gasteiger partial charge is 0.410 e. The molecule has 2 aromatic rings. The maximum absolute atomic E-state index is 14.6. The molecule has 3 aliphatic heterocycles. The summed E-state index contributed by atoms with van der Waals surface area (Å²) in [7, 11) is 5.24. The second-order valence-corrected chi connectivity index (χ2v) is 17.2. The lowest BCUT2D eigenvalue weighted by molar-refractivity contribution is -0.295. The number of hydrogen-bond acceptors (Lipinski definition) is 13. The zero-order valence-electron chi connectivity index (χ0n) is 36.1. The Morgan fingerprint density at radius 2 is 1.69 bits per heavy atom. The number of methoxy groups -OCH3 is 1. The van der Waals surface area contributed by atoms with Gasteiger partial charge in [-0.05, 0) is 86.0 Å². The van der Waals surface area contributed by atoms with Gasteiger partial charge in [-0.2, -0.15) is 0 Å². The Morgan fingerprint density at radius 1 is 0.983 bits per heavy atom. The van der Waals surface area contributed by atoms with Crippen LogP contribution in [0.1, 0.15) is 86.3 Å². The number of ketones is 2. The van der Waals surface area contributed by atoms with Gasteiger partial charge in [-0.15, -0.1) is 0 Å². The summed E-state index contributed by atoms with van der Waals surface area (Å²) in [6.07, 6.45) is 1.98. The van der Waals surface area contributed by atoms with Crippen LogP contribution in [0.3, 0.4) is 0 Å². The van der Waals surface area contributed by atoms with Crippen LogP contribution in [0.15, 0.2) is 30.9 Å². The SMILES string of the molecule is CC[C@H]1OC(=O)[C@H](C)C(=O)[C@H](C)[C@@H](O[C@@H]2O[C@H](C)C[C@H](N(C)C)[C@H]2O)[C@](C)(OC)C[C@@H](C)C(=O)[C@H](C)[C@@H]2[C@@H]1OC(=O)N2CCCCn1cnc(-c2ccc(C)nc2)c1. The fraction of sp³-hybridized carbons (Fsp3) is 0.721. The minimum atomic E-state index is -1.26. The zero-order chi connectivity index (χ0) is 42.6. The molecule has 0 spiro atoms. The summed E-state index contributed by atoms with van der Waals surface area (Å²) in [5.41, 5.74) is 1.42. The third-order valence-electron chi connectivity index (χ3n) is 12.6. The van der Waals surface area contributed by atoms with Crippen molar-refractivity contribution < 1.29 is 48.0 Å². The van der Waals surface area contributed by atoms with E-state index in [4.69, 9.17) is 23.7 Å². The number of hydrogen-bond donors (Lipinski definition) is 1. The summed E-state index contributed by atoms with van der Waals surface area (Å²) >= 11 is 0. The monoisotopic (exact) mass is 811 g/mol. The molecule has 5 heterocycles. The number of cyclic esters (lactones) is 1. The Balaban J connectivity index is 1.40. The van der Waals surface area contributed by atoms with Crippen molar-refractivity contribution in [3.05, 3.63) is 36.5 Å². The van der Waals surface area contributed by atoms with Gasteiger partial charge in [0.1, 0.15) is 23.9 Å². The Bertz CT molecular complexity index is 1740. The van der Waals surface area contributed by atoms with Crippen molar-refractivity contribution in [3.8, 4) is 11.3 Å². The first-order valence-electron chi connectivity index (χ1n) is 20.8. The van der Waals surface area contributed by atoms with Crippen molar-refractivity contribution >= 4 is 23.6 Å². The summed E-state index contributed by atoms with van der Waals surface area (Å²) in [4.78, 5) is 68.7. The molecule has 2 aromatic heterocycles.